The van der Waals surface area contributed by atoms with Gasteiger partial charge in [0.05, 0.1) is 18.8 Å². The number of hydrogen-bond acceptors (Lipinski definition) is 3. The van der Waals surface area contributed by atoms with Crippen molar-refractivity contribution < 1.29 is 14.6 Å². The quantitative estimate of drug-likeness (QED) is 0.640. The monoisotopic (exact) mass is 228 g/mol. The number of carbonyl (C=O) groups excluding carboxylic acids is 1. The molecule has 3 N–H and O–H groups in total. The zero-order valence-corrected chi connectivity index (χ0v) is 9.45. The fourth-order valence-electron chi connectivity index (χ4n) is 2.36. The highest BCUT2D eigenvalue weighted by Crippen LogP contribution is 2.18. The van der Waals surface area contributed by atoms with Gasteiger partial charge in [0.25, 0.3) is 0 Å². The molecular weight excluding hydrogens is 208 g/mol. The van der Waals surface area contributed by atoms with Crippen LogP contribution in [0.5, 0.6) is 0 Å². The number of hydrogen-bond donors (Lipinski definition) is 3. The number of urea groups is 1. The molecule has 0 aromatic heterocycles. The predicted molar refractivity (Wildman–Crippen MR) is 59.2 cm³/mol. The van der Waals surface area contributed by atoms with Crippen LogP contribution >= 0.6 is 0 Å². The summed E-state index contributed by atoms with van der Waals surface area (Å²) in [5.74, 6) is 0. The van der Waals surface area contributed by atoms with Gasteiger partial charge in [-0.1, -0.05) is 0 Å². The van der Waals surface area contributed by atoms with Crippen molar-refractivity contribution in [3.05, 3.63) is 0 Å². The molecule has 92 valence electrons. The summed E-state index contributed by atoms with van der Waals surface area (Å²) in [6.07, 6.45) is 4.12. The van der Waals surface area contributed by atoms with Gasteiger partial charge in [-0.2, -0.15) is 0 Å². The topological polar surface area (TPSA) is 70.6 Å². The lowest BCUT2D eigenvalue weighted by molar-refractivity contribution is 0.113. The Morgan fingerprint density at radius 2 is 2.00 bits per heavy atom. The van der Waals surface area contributed by atoms with Crippen LogP contribution in [-0.2, 0) is 4.74 Å². The molecule has 0 aromatic rings. The number of rotatable bonds is 2. The van der Waals surface area contributed by atoms with Crippen molar-refractivity contribution in [3.8, 4) is 0 Å². The van der Waals surface area contributed by atoms with Gasteiger partial charge in [-0.15, -0.1) is 0 Å². The first-order chi connectivity index (χ1) is 7.74. The van der Waals surface area contributed by atoms with Gasteiger partial charge in [0.15, 0.2) is 0 Å². The number of ether oxygens (including phenoxy) is 1. The third-order valence-electron chi connectivity index (χ3n) is 3.25. The molecule has 5 heteroatoms. The molecule has 0 spiro atoms. The van der Waals surface area contributed by atoms with Crippen LogP contribution in [-0.4, -0.2) is 42.5 Å². The summed E-state index contributed by atoms with van der Waals surface area (Å²) in [6.45, 7) is 1.34. The SMILES string of the molecule is O=C(NC1CCOC1)NC1CCCC(O)C1. The van der Waals surface area contributed by atoms with Gasteiger partial charge in [0.2, 0.25) is 0 Å². The van der Waals surface area contributed by atoms with Crippen LogP contribution in [0, 0.1) is 0 Å². The molecule has 0 bridgehead atoms. The summed E-state index contributed by atoms with van der Waals surface area (Å²) < 4.78 is 5.18. The molecular formula is C11H20N2O3. The van der Waals surface area contributed by atoms with E-state index in [0.29, 0.717) is 13.0 Å². The van der Waals surface area contributed by atoms with Gasteiger partial charge in [0, 0.05) is 12.6 Å². The zero-order valence-electron chi connectivity index (χ0n) is 9.45. The third kappa shape index (κ3) is 3.35. The van der Waals surface area contributed by atoms with Crippen molar-refractivity contribution in [3.63, 3.8) is 0 Å². The first-order valence-corrected chi connectivity index (χ1v) is 6.07. The molecule has 16 heavy (non-hydrogen) atoms. The van der Waals surface area contributed by atoms with Crippen molar-refractivity contribution in [1.82, 2.24) is 10.6 Å². The number of carbonyl (C=O) groups is 1. The van der Waals surface area contributed by atoms with E-state index < -0.39 is 0 Å². The highest BCUT2D eigenvalue weighted by atomic mass is 16.5. The number of aliphatic hydroxyl groups excluding tert-OH is 1. The molecule has 1 aliphatic carbocycles. The van der Waals surface area contributed by atoms with Crippen molar-refractivity contribution in [2.75, 3.05) is 13.2 Å². The minimum absolute atomic E-state index is 0.117. The van der Waals surface area contributed by atoms with Crippen LogP contribution in [0.3, 0.4) is 0 Å². The summed E-state index contributed by atoms with van der Waals surface area (Å²) in [5.41, 5.74) is 0. The molecule has 3 atom stereocenters. The van der Waals surface area contributed by atoms with E-state index in [-0.39, 0.29) is 24.2 Å². The Bertz CT molecular complexity index is 241. The molecule has 1 heterocycles. The lowest BCUT2D eigenvalue weighted by Crippen LogP contribution is -2.48. The normalized spacial score (nSPS) is 34.7. The Morgan fingerprint density at radius 3 is 2.69 bits per heavy atom. The van der Waals surface area contributed by atoms with E-state index >= 15 is 0 Å². The van der Waals surface area contributed by atoms with E-state index in [2.05, 4.69) is 10.6 Å². The maximum Gasteiger partial charge on any atom is 0.315 e. The van der Waals surface area contributed by atoms with Crippen LogP contribution in [0.4, 0.5) is 4.79 Å². The Kier molecular flexibility index (Phi) is 4.01. The average molecular weight is 228 g/mol. The van der Waals surface area contributed by atoms with Crippen LogP contribution in [0.25, 0.3) is 0 Å². The van der Waals surface area contributed by atoms with E-state index in [4.69, 9.17) is 4.74 Å². The van der Waals surface area contributed by atoms with Crippen molar-refractivity contribution in [1.29, 1.82) is 0 Å². The molecule has 0 aromatic carbocycles. The molecule has 2 aliphatic rings. The van der Waals surface area contributed by atoms with Crippen molar-refractivity contribution >= 4 is 6.03 Å². The van der Waals surface area contributed by atoms with Crippen LogP contribution in [0.2, 0.25) is 0 Å². The smallest absolute Gasteiger partial charge is 0.315 e. The Morgan fingerprint density at radius 1 is 1.19 bits per heavy atom. The Balaban J connectivity index is 1.69. The van der Waals surface area contributed by atoms with Gasteiger partial charge in [0.1, 0.15) is 0 Å². The van der Waals surface area contributed by atoms with Crippen molar-refractivity contribution in [2.24, 2.45) is 0 Å². The number of nitrogens with one attached hydrogen (secondary N) is 2. The van der Waals surface area contributed by atoms with Crippen molar-refractivity contribution in [2.45, 2.75) is 50.3 Å². The third-order valence-corrected chi connectivity index (χ3v) is 3.25. The zero-order chi connectivity index (χ0) is 11.4. The molecule has 2 amide bonds. The summed E-state index contributed by atoms with van der Waals surface area (Å²) >= 11 is 0. The molecule has 2 fully saturated rings. The summed E-state index contributed by atoms with van der Waals surface area (Å²) in [6, 6.07) is 0.134. The fourth-order valence-corrected chi connectivity index (χ4v) is 2.36. The molecule has 5 nitrogen and oxygen atoms in total. The second-order valence-corrected chi connectivity index (χ2v) is 4.70. The molecule has 2 rings (SSSR count). The molecule has 3 unspecified atom stereocenters. The summed E-state index contributed by atoms with van der Waals surface area (Å²) in [4.78, 5) is 11.6. The van der Waals surface area contributed by atoms with Gasteiger partial charge >= 0.3 is 6.03 Å². The van der Waals surface area contributed by atoms with E-state index in [1.165, 1.54) is 0 Å². The molecule has 1 saturated carbocycles. The molecule has 0 radical (unpaired) electrons. The second-order valence-electron chi connectivity index (χ2n) is 4.70. The van der Waals surface area contributed by atoms with E-state index in [9.17, 15) is 9.90 Å². The Labute approximate surface area is 95.5 Å². The molecule has 1 aliphatic heterocycles. The van der Waals surface area contributed by atoms with Crippen LogP contribution < -0.4 is 10.6 Å². The first-order valence-electron chi connectivity index (χ1n) is 6.07. The summed E-state index contributed by atoms with van der Waals surface area (Å²) in [5, 5.41) is 15.3. The lowest BCUT2D eigenvalue weighted by Gasteiger charge is -2.27. The van der Waals surface area contributed by atoms with Crippen LogP contribution in [0.15, 0.2) is 0 Å². The minimum Gasteiger partial charge on any atom is -0.393 e. The van der Waals surface area contributed by atoms with E-state index in [0.717, 1.165) is 32.3 Å². The van der Waals surface area contributed by atoms with E-state index in [1.54, 1.807) is 0 Å². The second kappa shape index (κ2) is 5.50. The standard InChI is InChI=1S/C11H20N2O3/c14-10-3-1-2-8(6-10)12-11(15)13-9-4-5-16-7-9/h8-10,14H,1-7H2,(H2,12,13,15). The fraction of sp³-hybridized carbons (Fsp3) is 0.909. The summed E-state index contributed by atoms with van der Waals surface area (Å²) in [7, 11) is 0. The maximum atomic E-state index is 11.6. The number of amides is 2. The van der Waals surface area contributed by atoms with Gasteiger partial charge < -0.3 is 20.5 Å². The molecule has 1 saturated heterocycles. The maximum absolute atomic E-state index is 11.6. The van der Waals surface area contributed by atoms with Gasteiger partial charge in [-0.05, 0) is 32.1 Å². The highest BCUT2D eigenvalue weighted by Gasteiger charge is 2.23. The highest BCUT2D eigenvalue weighted by molar-refractivity contribution is 5.74. The van der Waals surface area contributed by atoms with E-state index in [1.807, 2.05) is 0 Å². The first kappa shape index (κ1) is 11.7. The van der Waals surface area contributed by atoms with Crippen LogP contribution in [0.1, 0.15) is 32.1 Å². The van der Waals surface area contributed by atoms with Gasteiger partial charge in [-0.25, -0.2) is 4.79 Å². The lowest BCUT2D eigenvalue weighted by atomic mass is 9.93. The Hall–Kier alpha value is -0.810. The van der Waals surface area contributed by atoms with Gasteiger partial charge in [-0.3, -0.25) is 0 Å². The minimum atomic E-state index is -0.256. The largest absolute Gasteiger partial charge is 0.393 e. The number of aliphatic hydroxyl groups is 1. The predicted octanol–water partition coefficient (Wildman–Crippen LogP) is 0.378. The average Bonchev–Trinajstić information content (AvgIpc) is 2.70.